The average molecular weight is 433 g/mol. The van der Waals surface area contributed by atoms with E-state index in [-0.39, 0.29) is 5.91 Å². The van der Waals surface area contributed by atoms with Crippen LogP contribution in [0.15, 0.2) is 58.6 Å². The van der Waals surface area contributed by atoms with Crippen molar-refractivity contribution in [1.82, 2.24) is 10.3 Å². The highest BCUT2D eigenvalue weighted by atomic mass is 16.2. The van der Waals surface area contributed by atoms with E-state index in [4.69, 9.17) is 16.7 Å². The Morgan fingerprint density at radius 1 is 1.16 bits per heavy atom. The SMILES string of the molecule is CCCCC1=NC2(CCCC2)C(=O)N1Cc1ccc(-c2ccccc2/C(=N/N)NN)cc1. The van der Waals surface area contributed by atoms with Gasteiger partial charge in [-0.3, -0.25) is 14.7 Å². The first kappa shape index (κ1) is 22.0. The van der Waals surface area contributed by atoms with Crippen LogP contribution < -0.4 is 17.1 Å². The van der Waals surface area contributed by atoms with Gasteiger partial charge in [0, 0.05) is 12.0 Å². The second-order valence-electron chi connectivity index (χ2n) is 8.63. The molecule has 1 spiro atoms. The molecule has 1 aliphatic heterocycles. The maximum absolute atomic E-state index is 13.3. The number of nitrogens with two attached hydrogens (primary N) is 2. The number of aliphatic imine (C=N–C) groups is 1. The third-order valence-electron chi connectivity index (χ3n) is 6.54. The molecule has 1 aliphatic carbocycles. The van der Waals surface area contributed by atoms with Crippen molar-refractivity contribution < 1.29 is 4.79 Å². The summed E-state index contributed by atoms with van der Waals surface area (Å²) in [6.45, 7) is 2.73. The number of benzene rings is 2. The number of hydrazine groups is 1. The summed E-state index contributed by atoms with van der Waals surface area (Å²) in [6.07, 6.45) is 6.95. The van der Waals surface area contributed by atoms with Crippen molar-refractivity contribution in [2.24, 2.45) is 21.8 Å². The number of carbonyl (C=O) groups is 1. The molecule has 4 rings (SSSR count). The topological polar surface area (TPSA) is 109 Å². The number of nitrogens with zero attached hydrogens (tertiary/aromatic N) is 3. The zero-order valence-corrected chi connectivity index (χ0v) is 18.7. The molecule has 7 heteroatoms. The van der Waals surface area contributed by atoms with Gasteiger partial charge in [-0.1, -0.05) is 74.7 Å². The highest BCUT2D eigenvalue weighted by Gasteiger charge is 2.49. The van der Waals surface area contributed by atoms with Crippen molar-refractivity contribution in [2.45, 2.75) is 64.0 Å². The predicted octanol–water partition coefficient (Wildman–Crippen LogP) is 3.68. The molecule has 2 aliphatic rings. The number of hydrogen-bond donors (Lipinski definition) is 3. The molecule has 1 amide bonds. The second kappa shape index (κ2) is 9.53. The molecule has 32 heavy (non-hydrogen) atoms. The standard InChI is InChI=1S/C25H32N6O/c1-2-3-10-22-28-25(15-6-7-16-25)24(32)31(22)17-18-11-13-19(14-12-18)20-8-4-5-9-21(20)23(29-26)30-27/h4-5,8-9,11-14H,2-3,6-7,10,15-17,26-27H2,1H3,(H,29,30). The summed E-state index contributed by atoms with van der Waals surface area (Å²) >= 11 is 0. The fourth-order valence-corrected chi connectivity index (χ4v) is 4.80. The van der Waals surface area contributed by atoms with E-state index in [0.717, 1.165) is 73.0 Å². The van der Waals surface area contributed by atoms with Gasteiger partial charge in [-0.05, 0) is 36.0 Å². The number of unbranched alkanes of at least 4 members (excludes halogenated alkanes) is 1. The zero-order valence-electron chi connectivity index (χ0n) is 18.7. The number of hydrazone groups is 1. The number of nitrogens with one attached hydrogen (secondary N) is 1. The minimum absolute atomic E-state index is 0.188. The molecule has 5 N–H and O–H groups in total. The van der Waals surface area contributed by atoms with Gasteiger partial charge < -0.3 is 11.3 Å². The monoisotopic (exact) mass is 432 g/mol. The van der Waals surface area contributed by atoms with E-state index in [9.17, 15) is 4.79 Å². The molecule has 1 fully saturated rings. The van der Waals surface area contributed by atoms with E-state index >= 15 is 0 Å². The van der Waals surface area contributed by atoms with Crippen LogP contribution in [0.2, 0.25) is 0 Å². The Balaban J connectivity index is 1.57. The molecular formula is C25H32N6O. The first-order valence-electron chi connectivity index (χ1n) is 11.5. The zero-order chi connectivity index (χ0) is 22.6. The smallest absolute Gasteiger partial charge is 0.256 e. The first-order valence-corrected chi connectivity index (χ1v) is 11.5. The maximum Gasteiger partial charge on any atom is 0.256 e. The summed E-state index contributed by atoms with van der Waals surface area (Å²) in [5, 5.41) is 3.75. The lowest BCUT2D eigenvalue weighted by Crippen LogP contribution is -2.40. The van der Waals surface area contributed by atoms with Crippen molar-refractivity contribution in [3.63, 3.8) is 0 Å². The average Bonchev–Trinajstić information content (AvgIpc) is 3.40. The Kier molecular flexibility index (Phi) is 6.55. The fourth-order valence-electron chi connectivity index (χ4n) is 4.80. The summed E-state index contributed by atoms with van der Waals surface area (Å²) < 4.78 is 0. The van der Waals surface area contributed by atoms with Crippen LogP contribution in [0.3, 0.4) is 0 Å². The molecule has 7 nitrogen and oxygen atoms in total. The van der Waals surface area contributed by atoms with Crippen LogP contribution in [0.5, 0.6) is 0 Å². The molecule has 0 atom stereocenters. The van der Waals surface area contributed by atoms with E-state index in [1.807, 2.05) is 29.2 Å². The van der Waals surface area contributed by atoms with Gasteiger partial charge in [-0.2, -0.15) is 5.10 Å². The second-order valence-corrected chi connectivity index (χ2v) is 8.63. The van der Waals surface area contributed by atoms with Gasteiger partial charge in [0.2, 0.25) is 0 Å². The van der Waals surface area contributed by atoms with Crippen molar-refractivity contribution in [3.8, 4) is 11.1 Å². The lowest BCUT2D eigenvalue weighted by Gasteiger charge is -2.23. The van der Waals surface area contributed by atoms with Crippen molar-refractivity contribution in [3.05, 3.63) is 59.7 Å². The Labute approximate surface area is 189 Å². The largest absolute Gasteiger partial charge is 0.321 e. The summed E-state index contributed by atoms with van der Waals surface area (Å²) in [4.78, 5) is 20.3. The van der Waals surface area contributed by atoms with Crippen molar-refractivity contribution in [2.75, 3.05) is 0 Å². The Hall–Kier alpha value is -3.19. The molecule has 0 aromatic heterocycles. The maximum atomic E-state index is 13.3. The molecule has 2 aromatic carbocycles. The summed E-state index contributed by atoms with van der Waals surface area (Å²) in [7, 11) is 0. The molecule has 1 heterocycles. The number of amidine groups is 2. The molecule has 168 valence electrons. The van der Waals surface area contributed by atoms with Crippen LogP contribution in [-0.2, 0) is 11.3 Å². The van der Waals surface area contributed by atoms with E-state index in [1.165, 1.54) is 0 Å². The van der Waals surface area contributed by atoms with Gasteiger partial charge in [0.1, 0.15) is 11.4 Å². The van der Waals surface area contributed by atoms with Crippen LogP contribution in [0.1, 0.15) is 63.0 Å². The Bertz CT molecular complexity index is 1020. The highest BCUT2D eigenvalue weighted by Crippen LogP contribution is 2.40. The summed E-state index contributed by atoms with van der Waals surface area (Å²) in [5.74, 6) is 12.6. The molecular weight excluding hydrogens is 400 g/mol. The van der Waals surface area contributed by atoms with Crippen molar-refractivity contribution >= 4 is 17.6 Å². The fraction of sp³-hybridized carbons (Fsp3) is 0.400. The minimum atomic E-state index is -0.491. The minimum Gasteiger partial charge on any atom is -0.321 e. The highest BCUT2D eigenvalue weighted by molar-refractivity contribution is 6.08. The lowest BCUT2D eigenvalue weighted by molar-refractivity contribution is -0.131. The van der Waals surface area contributed by atoms with Gasteiger partial charge in [-0.25, -0.2) is 5.84 Å². The van der Waals surface area contributed by atoms with Gasteiger partial charge in [0.05, 0.1) is 6.54 Å². The van der Waals surface area contributed by atoms with E-state index in [0.29, 0.717) is 12.4 Å². The third kappa shape index (κ3) is 4.12. The first-order chi connectivity index (χ1) is 15.6. The van der Waals surface area contributed by atoms with Crippen LogP contribution in [0.4, 0.5) is 0 Å². The number of rotatable bonds is 7. The van der Waals surface area contributed by atoms with Crippen LogP contribution in [0.25, 0.3) is 11.1 Å². The van der Waals surface area contributed by atoms with Gasteiger partial charge in [-0.15, -0.1) is 0 Å². The van der Waals surface area contributed by atoms with Crippen molar-refractivity contribution in [1.29, 1.82) is 0 Å². The molecule has 2 aromatic rings. The van der Waals surface area contributed by atoms with Crippen LogP contribution in [-0.4, -0.2) is 28.0 Å². The summed E-state index contributed by atoms with van der Waals surface area (Å²) in [6, 6.07) is 16.1. The molecule has 0 saturated heterocycles. The third-order valence-corrected chi connectivity index (χ3v) is 6.54. The summed E-state index contributed by atoms with van der Waals surface area (Å²) in [5.41, 5.74) is 5.99. The van der Waals surface area contributed by atoms with Crippen LogP contribution >= 0.6 is 0 Å². The van der Waals surface area contributed by atoms with E-state index < -0.39 is 5.54 Å². The van der Waals surface area contributed by atoms with E-state index in [1.54, 1.807) is 0 Å². The normalized spacial score (nSPS) is 17.8. The van der Waals surface area contributed by atoms with Gasteiger partial charge in [0.15, 0.2) is 5.84 Å². The number of hydrogen-bond acceptors (Lipinski definition) is 5. The predicted molar refractivity (Wildman–Crippen MR) is 129 cm³/mol. The quantitative estimate of drug-likeness (QED) is 0.268. The Morgan fingerprint density at radius 2 is 1.88 bits per heavy atom. The number of amides is 1. The Morgan fingerprint density at radius 3 is 2.53 bits per heavy atom. The number of carbonyl (C=O) groups excluding carboxylic acids is 1. The molecule has 0 radical (unpaired) electrons. The van der Waals surface area contributed by atoms with Crippen LogP contribution in [0, 0.1) is 0 Å². The lowest BCUT2D eigenvalue weighted by atomic mass is 9.97. The van der Waals surface area contributed by atoms with Gasteiger partial charge >= 0.3 is 0 Å². The van der Waals surface area contributed by atoms with Gasteiger partial charge in [0.25, 0.3) is 5.91 Å². The molecule has 0 bridgehead atoms. The molecule has 1 saturated carbocycles. The van der Waals surface area contributed by atoms with E-state index in [2.05, 4.69) is 41.7 Å². The molecule has 0 unspecified atom stereocenters.